The van der Waals surface area contributed by atoms with E-state index < -0.39 is 0 Å². The van der Waals surface area contributed by atoms with E-state index in [0.29, 0.717) is 6.54 Å². The molecule has 1 aliphatic heterocycles. The van der Waals surface area contributed by atoms with E-state index in [2.05, 4.69) is 16.0 Å². The van der Waals surface area contributed by atoms with E-state index in [0.717, 1.165) is 33.2 Å². The van der Waals surface area contributed by atoms with Crippen LogP contribution in [0.3, 0.4) is 0 Å². The maximum Gasteiger partial charge on any atom is 0.290 e. The normalized spacial score (nSPS) is 12.5. The van der Waals surface area contributed by atoms with E-state index in [1.165, 1.54) is 0 Å². The molecule has 3 aromatic rings. The summed E-state index contributed by atoms with van der Waals surface area (Å²) in [4.78, 5) is 30.8. The van der Waals surface area contributed by atoms with Crippen LogP contribution in [0.25, 0.3) is 22.0 Å². The van der Waals surface area contributed by atoms with Crippen LogP contribution in [-0.2, 0) is 11.3 Å². The van der Waals surface area contributed by atoms with Gasteiger partial charge in [0.1, 0.15) is 0 Å². The van der Waals surface area contributed by atoms with Gasteiger partial charge in [-0.05, 0) is 29.3 Å². The van der Waals surface area contributed by atoms with E-state index in [9.17, 15) is 4.79 Å². The van der Waals surface area contributed by atoms with Crippen molar-refractivity contribution < 1.29 is 14.7 Å². The maximum atomic E-state index is 12.1. The second-order valence-electron chi connectivity index (χ2n) is 5.43. The van der Waals surface area contributed by atoms with Gasteiger partial charge in [-0.15, -0.1) is 0 Å². The van der Waals surface area contributed by atoms with E-state index >= 15 is 0 Å². The van der Waals surface area contributed by atoms with Gasteiger partial charge in [-0.25, -0.2) is 0 Å². The lowest BCUT2D eigenvalue weighted by Gasteiger charge is -2.05. The monoisotopic (exact) mass is 321 g/mol. The molecule has 1 aromatic carbocycles. The molecule has 1 amide bonds. The predicted octanol–water partition coefficient (Wildman–Crippen LogP) is 2.58. The van der Waals surface area contributed by atoms with Crippen LogP contribution in [0.2, 0.25) is 0 Å². The molecule has 24 heavy (non-hydrogen) atoms. The van der Waals surface area contributed by atoms with E-state index in [4.69, 9.17) is 9.90 Å². The number of fused-ring (bicyclic) bond motifs is 2. The SMILES string of the molecule is CN1Cc2ccc(-c3cnc4ccncc4c3)cc2C1=O.O=CO. The van der Waals surface area contributed by atoms with Crippen molar-refractivity contribution in [2.24, 2.45) is 0 Å². The average molecular weight is 321 g/mol. The van der Waals surface area contributed by atoms with Gasteiger partial charge in [0, 0.05) is 48.7 Å². The minimum absolute atomic E-state index is 0.0854. The Labute approximate surface area is 138 Å². The lowest BCUT2D eigenvalue weighted by molar-refractivity contribution is -0.122. The quantitative estimate of drug-likeness (QED) is 0.697. The molecule has 0 saturated heterocycles. The van der Waals surface area contributed by atoms with Crippen molar-refractivity contribution >= 4 is 23.3 Å². The molecule has 120 valence electrons. The predicted molar refractivity (Wildman–Crippen MR) is 89.5 cm³/mol. The molecule has 4 rings (SSSR count). The zero-order valence-corrected chi connectivity index (χ0v) is 13.0. The molecule has 0 radical (unpaired) electrons. The summed E-state index contributed by atoms with van der Waals surface area (Å²) in [6, 6.07) is 9.98. The number of pyridine rings is 2. The molecule has 0 atom stereocenters. The third kappa shape index (κ3) is 2.81. The van der Waals surface area contributed by atoms with Gasteiger partial charge in [0.25, 0.3) is 12.4 Å². The summed E-state index contributed by atoms with van der Waals surface area (Å²) < 4.78 is 0. The van der Waals surface area contributed by atoms with E-state index in [1.807, 2.05) is 37.5 Å². The summed E-state index contributed by atoms with van der Waals surface area (Å²) in [5, 5.41) is 7.89. The molecule has 0 fully saturated rings. The smallest absolute Gasteiger partial charge is 0.290 e. The molecular formula is C18H15N3O3. The van der Waals surface area contributed by atoms with Crippen molar-refractivity contribution in [2.75, 3.05) is 7.05 Å². The molecule has 3 heterocycles. The summed E-state index contributed by atoms with van der Waals surface area (Å²) in [6.07, 6.45) is 5.38. The molecule has 6 heteroatoms. The number of nitrogens with zero attached hydrogens (tertiary/aromatic N) is 3. The first-order valence-electron chi connectivity index (χ1n) is 7.30. The Balaban J connectivity index is 0.000000526. The Kier molecular flexibility index (Phi) is 4.20. The number of aromatic nitrogens is 2. The lowest BCUT2D eigenvalue weighted by atomic mass is 10.0. The Morgan fingerprint density at radius 3 is 2.75 bits per heavy atom. The van der Waals surface area contributed by atoms with Crippen LogP contribution in [0, 0.1) is 0 Å². The Morgan fingerprint density at radius 1 is 1.17 bits per heavy atom. The summed E-state index contributed by atoms with van der Waals surface area (Å²) in [5.74, 6) is 0.0854. The summed E-state index contributed by atoms with van der Waals surface area (Å²) in [6.45, 7) is 0.439. The molecule has 1 aliphatic rings. The number of carbonyl (C=O) groups excluding carboxylic acids is 1. The fraction of sp³-hybridized carbons (Fsp3) is 0.111. The first kappa shape index (κ1) is 15.6. The lowest BCUT2D eigenvalue weighted by Crippen LogP contribution is -2.17. The van der Waals surface area contributed by atoms with Crippen LogP contribution < -0.4 is 0 Å². The molecule has 2 aromatic heterocycles. The number of carbonyl (C=O) groups is 2. The van der Waals surface area contributed by atoms with Gasteiger partial charge >= 0.3 is 0 Å². The fourth-order valence-corrected chi connectivity index (χ4v) is 2.76. The second kappa shape index (κ2) is 6.45. The molecular weight excluding hydrogens is 306 g/mol. The van der Waals surface area contributed by atoms with Crippen molar-refractivity contribution in [1.82, 2.24) is 14.9 Å². The molecule has 1 N–H and O–H groups in total. The van der Waals surface area contributed by atoms with Crippen LogP contribution in [0.5, 0.6) is 0 Å². The van der Waals surface area contributed by atoms with Crippen molar-refractivity contribution in [3.63, 3.8) is 0 Å². The summed E-state index contributed by atoms with van der Waals surface area (Å²) >= 11 is 0. The van der Waals surface area contributed by atoms with Gasteiger partial charge in [0.2, 0.25) is 0 Å². The number of hydrogen-bond acceptors (Lipinski definition) is 4. The van der Waals surface area contributed by atoms with Crippen LogP contribution >= 0.6 is 0 Å². The minimum atomic E-state index is -0.250. The first-order valence-corrected chi connectivity index (χ1v) is 7.30. The van der Waals surface area contributed by atoms with E-state index in [1.54, 1.807) is 17.3 Å². The average Bonchev–Trinajstić information content (AvgIpc) is 2.89. The van der Waals surface area contributed by atoms with Crippen LogP contribution in [0.15, 0.2) is 48.9 Å². The second-order valence-corrected chi connectivity index (χ2v) is 5.43. The third-order valence-electron chi connectivity index (χ3n) is 3.91. The molecule has 6 nitrogen and oxygen atoms in total. The largest absolute Gasteiger partial charge is 0.483 e. The summed E-state index contributed by atoms with van der Waals surface area (Å²) in [7, 11) is 1.82. The van der Waals surface area contributed by atoms with Gasteiger partial charge in [-0.3, -0.25) is 19.6 Å². The third-order valence-corrected chi connectivity index (χ3v) is 3.91. The molecule has 0 bridgehead atoms. The fourth-order valence-electron chi connectivity index (χ4n) is 2.76. The van der Waals surface area contributed by atoms with Crippen molar-refractivity contribution in [3.8, 4) is 11.1 Å². The van der Waals surface area contributed by atoms with Crippen molar-refractivity contribution in [3.05, 3.63) is 60.0 Å². The van der Waals surface area contributed by atoms with Crippen LogP contribution in [0.4, 0.5) is 0 Å². The number of rotatable bonds is 1. The molecule has 0 spiro atoms. The maximum absolute atomic E-state index is 12.1. The molecule has 0 unspecified atom stereocenters. The van der Waals surface area contributed by atoms with E-state index in [-0.39, 0.29) is 12.4 Å². The van der Waals surface area contributed by atoms with Crippen molar-refractivity contribution in [1.29, 1.82) is 0 Å². The topological polar surface area (TPSA) is 83.4 Å². The highest BCUT2D eigenvalue weighted by molar-refractivity contribution is 5.99. The van der Waals surface area contributed by atoms with Gasteiger partial charge in [0.05, 0.1) is 5.52 Å². The van der Waals surface area contributed by atoms with Crippen molar-refractivity contribution in [2.45, 2.75) is 6.54 Å². The molecule has 0 saturated carbocycles. The Morgan fingerprint density at radius 2 is 1.96 bits per heavy atom. The van der Waals surface area contributed by atoms with Crippen LogP contribution in [0.1, 0.15) is 15.9 Å². The number of carboxylic acid groups (broad SMARTS) is 1. The highest BCUT2D eigenvalue weighted by atomic mass is 16.3. The highest BCUT2D eigenvalue weighted by Gasteiger charge is 2.24. The van der Waals surface area contributed by atoms with Gasteiger partial charge in [-0.2, -0.15) is 0 Å². The highest BCUT2D eigenvalue weighted by Crippen LogP contribution is 2.28. The number of hydrogen-bond donors (Lipinski definition) is 1. The van der Waals surface area contributed by atoms with Crippen LogP contribution in [-0.4, -0.2) is 39.4 Å². The standard InChI is InChI=1S/C17H13N3O.CH2O2/c1-20-10-12-3-2-11(7-15(12)17(20)21)13-6-14-8-18-5-4-16(14)19-9-13;2-1-3/h2-9H,10H2,1H3;1H,(H,2,3). The van der Waals surface area contributed by atoms with Gasteiger partial charge < -0.3 is 10.0 Å². The number of amides is 1. The van der Waals surface area contributed by atoms with Gasteiger partial charge in [-0.1, -0.05) is 12.1 Å². The Hall–Kier alpha value is -3.28. The minimum Gasteiger partial charge on any atom is -0.483 e. The zero-order chi connectivity index (χ0) is 17.1. The Bertz CT molecular complexity index is 924. The first-order chi connectivity index (χ1) is 11.6. The number of benzene rings is 1. The molecule has 0 aliphatic carbocycles. The zero-order valence-electron chi connectivity index (χ0n) is 13.0. The van der Waals surface area contributed by atoms with Gasteiger partial charge in [0.15, 0.2) is 0 Å². The summed E-state index contributed by atoms with van der Waals surface area (Å²) in [5.41, 5.74) is 4.81.